The number of nitrogens with one attached hydrogen (secondary N) is 1. The van der Waals surface area contributed by atoms with Crippen LogP contribution in [0, 0.1) is 6.92 Å². The van der Waals surface area contributed by atoms with Crippen LogP contribution in [0.25, 0.3) is 0 Å². The van der Waals surface area contributed by atoms with Gasteiger partial charge in [0.05, 0.1) is 42.3 Å². The van der Waals surface area contributed by atoms with Gasteiger partial charge in [-0.05, 0) is 26.0 Å². The van der Waals surface area contributed by atoms with Crippen molar-refractivity contribution in [2.24, 2.45) is 0 Å². The van der Waals surface area contributed by atoms with Crippen LogP contribution in [0.5, 0.6) is 0 Å². The van der Waals surface area contributed by atoms with Gasteiger partial charge in [-0.25, -0.2) is 9.97 Å². The summed E-state index contributed by atoms with van der Waals surface area (Å²) in [6, 6.07) is 4.40. The van der Waals surface area contributed by atoms with Crippen LogP contribution in [0.3, 0.4) is 0 Å². The van der Waals surface area contributed by atoms with E-state index in [1.165, 1.54) is 4.88 Å². The van der Waals surface area contributed by atoms with Crippen molar-refractivity contribution in [1.29, 1.82) is 0 Å². The van der Waals surface area contributed by atoms with Crippen molar-refractivity contribution in [3.05, 3.63) is 34.4 Å². The molecule has 0 saturated carbocycles. The molecule has 1 unspecified atom stereocenters. The highest BCUT2D eigenvalue weighted by atomic mass is 32.1. The maximum Gasteiger partial charge on any atom is 0.128 e. The summed E-state index contributed by atoms with van der Waals surface area (Å²) in [6.45, 7) is 7.58. The second-order valence-electron chi connectivity index (χ2n) is 5.17. The van der Waals surface area contributed by atoms with Crippen molar-refractivity contribution in [1.82, 2.24) is 9.97 Å². The van der Waals surface area contributed by atoms with E-state index >= 15 is 0 Å². The third-order valence-electron chi connectivity index (χ3n) is 3.64. The molecule has 0 amide bonds. The van der Waals surface area contributed by atoms with Gasteiger partial charge in [-0.1, -0.05) is 0 Å². The monoisotopic (exact) mass is 304 g/mol. The molecule has 112 valence electrons. The van der Waals surface area contributed by atoms with Gasteiger partial charge in [0.2, 0.25) is 0 Å². The van der Waals surface area contributed by atoms with Gasteiger partial charge in [0.15, 0.2) is 0 Å². The largest absolute Gasteiger partial charge is 0.378 e. The topological polar surface area (TPSA) is 50.3 Å². The normalized spacial score (nSPS) is 16.8. The Morgan fingerprint density at radius 2 is 2.10 bits per heavy atom. The zero-order valence-electron chi connectivity index (χ0n) is 12.4. The van der Waals surface area contributed by atoms with Crippen LogP contribution in [0.2, 0.25) is 0 Å². The summed E-state index contributed by atoms with van der Waals surface area (Å²) in [5, 5.41) is 3.48. The Kier molecular flexibility index (Phi) is 4.36. The molecule has 2 aromatic rings. The summed E-state index contributed by atoms with van der Waals surface area (Å²) in [5.41, 5.74) is 4.02. The number of nitrogens with zero attached hydrogens (tertiary/aromatic N) is 3. The Morgan fingerprint density at radius 3 is 2.71 bits per heavy atom. The Hall–Kier alpha value is -1.66. The van der Waals surface area contributed by atoms with E-state index in [1.807, 2.05) is 18.6 Å². The van der Waals surface area contributed by atoms with Crippen molar-refractivity contribution in [3.8, 4) is 0 Å². The molecular weight excluding hydrogens is 284 g/mol. The molecule has 1 fully saturated rings. The smallest absolute Gasteiger partial charge is 0.128 e. The highest BCUT2D eigenvalue weighted by Crippen LogP contribution is 2.25. The molecule has 2 aromatic heterocycles. The predicted octanol–water partition coefficient (Wildman–Crippen LogP) is 2.86. The molecule has 1 aliphatic rings. The van der Waals surface area contributed by atoms with Gasteiger partial charge in [-0.2, -0.15) is 0 Å². The zero-order valence-corrected chi connectivity index (χ0v) is 13.2. The Morgan fingerprint density at radius 1 is 1.29 bits per heavy atom. The third-order valence-corrected chi connectivity index (χ3v) is 4.76. The predicted molar refractivity (Wildman–Crippen MR) is 86.2 cm³/mol. The minimum absolute atomic E-state index is 0.244. The number of rotatable bonds is 4. The van der Waals surface area contributed by atoms with Crippen molar-refractivity contribution in [3.63, 3.8) is 0 Å². The number of morpholine rings is 1. The van der Waals surface area contributed by atoms with Gasteiger partial charge >= 0.3 is 0 Å². The molecule has 1 N–H and O–H groups in total. The van der Waals surface area contributed by atoms with E-state index < -0.39 is 0 Å². The van der Waals surface area contributed by atoms with Crippen molar-refractivity contribution >= 4 is 22.8 Å². The molecule has 1 atom stereocenters. The van der Waals surface area contributed by atoms with E-state index in [-0.39, 0.29) is 6.04 Å². The summed E-state index contributed by atoms with van der Waals surface area (Å²) >= 11 is 1.69. The van der Waals surface area contributed by atoms with Gasteiger partial charge in [0.25, 0.3) is 0 Å². The first-order chi connectivity index (χ1) is 10.2. The van der Waals surface area contributed by atoms with Crippen LogP contribution in [0.15, 0.2) is 23.8 Å². The number of ether oxygens (including phenoxy) is 1. The number of thiazole rings is 1. The van der Waals surface area contributed by atoms with E-state index in [0.717, 1.165) is 43.5 Å². The standard InChI is InChI=1S/C15H20N4OS/c1-11-15(21-10-17-11)12(2)18-13-3-4-14(16-9-13)19-5-7-20-8-6-19/h3-4,9-10,12,18H,5-8H2,1-2H3. The van der Waals surface area contributed by atoms with Crippen LogP contribution in [-0.2, 0) is 4.74 Å². The molecule has 1 aliphatic heterocycles. The van der Waals surface area contributed by atoms with Crippen molar-refractivity contribution in [2.45, 2.75) is 19.9 Å². The lowest BCUT2D eigenvalue weighted by Gasteiger charge is -2.27. The molecular formula is C15H20N4OS. The lowest BCUT2D eigenvalue weighted by Crippen LogP contribution is -2.36. The molecule has 5 nitrogen and oxygen atoms in total. The number of hydrogen-bond donors (Lipinski definition) is 1. The number of aromatic nitrogens is 2. The SMILES string of the molecule is Cc1ncsc1C(C)Nc1ccc(N2CCOCC2)nc1. The highest BCUT2D eigenvalue weighted by molar-refractivity contribution is 7.09. The first kappa shape index (κ1) is 14.3. The number of aryl methyl sites for hydroxylation is 1. The minimum Gasteiger partial charge on any atom is -0.378 e. The summed E-state index contributed by atoms with van der Waals surface area (Å²) in [7, 11) is 0. The van der Waals surface area contributed by atoms with Gasteiger partial charge < -0.3 is 15.0 Å². The molecule has 3 rings (SSSR count). The molecule has 0 radical (unpaired) electrons. The molecule has 21 heavy (non-hydrogen) atoms. The second kappa shape index (κ2) is 6.41. The molecule has 1 saturated heterocycles. The fraction of sp³-hybridized carbons (Fsp3) is 0.467. The summed E-state index contributed by atoms with van der Waals surface area (Å²) in [5.74, 6) is 1.02. The van der Waals surface area contributed by atoms with Crippen molar-refractivity contribution in [2.75, 3.05) is 36.5 Å². The van der Waals surface area contributed by atoms with Crippen LogP contribution in [0.1, 0.15) is 23.5 Å². The van der Waals surface area contributed by atoms with Crippen LogP contribution >= 0.6 is 11.3 Å². The first-order valence-electron chi connectivity index (χ1n) is 7.19. The summed E-state index contributed by atoms with van der Waals surface area (Å²) in [6.07, 6.45) is 1.90. The minimum atomic E-state index is 0.244. The van der Waals surface area contributed by atoms with Crippen LogP contribution < -0.4 is 10.2 Å². The highest BCUT2D eigenvalue weighted by Gasteiger charge is 2.13. The van der Waals surface area contributed by atoms with E-state index in [1.54, 1.807) is 11.3 Å². The molecule has 0 bridgehead atoms. The van der Waals surface area contributed by atoms with Gasteiger partial charge in [0, 0.05) is 18.0 Å². The second-order valence-corrected chi connectivity index (χ2v) is 6.06. The lowest BCUT2D eigenvalue weighted by molar-refractivity contribution is 0.122. The van der Waals surface area contributed by atoms with E-state index in [9.17, 15) is 0 Å². The Bertz CT molecular complexity index is 578. The molecule has 0 aliphatic carbocycles. The number of hydrogen-bond acceptors (Lipinski definition) is 6. The Labute approximate surface area is 129 Å². The van der Waals surface area contributed by atoms with E-state index in [4.69, 9.17) is 4.74 Å². The first-order valence-corrected chi connectivity index (χ1v) is 8.07. The van der Waals surface area contributed by atoms with E-state index in [2.05, 4.69) is 39.2 Å². The fourth-order valence-electron chi connectivity index (χ4n) is 2.49. The zero-order chi connectivity index (χ0) is 14.7. The lowest BCUT2D eigenvalue weighted by atomic mass is 10.2. The molecule has 0 aromatic carbocycles. The molecule has 0 spiro atoms. The number of pyridine rings is 1. The maximum atomic E-state index is 5.36. The Balaban J connectivity index is 1.65. The molecule has 6 heteroatoms. The van der Waals surface area contributed by atoms with Gasteiger partial charge in [0.1, 0.15) is 5.82 Å². The van der Waals surface area contributed by atoms with Gasteiger partial charge in [-0.3, -0.25) is 0 Å². The van der Waals surface area contributed by atoms with Crippen LogP contribution in [-0.4, -0.2) is 36.3 Å². The van der Waals surface area contributed by atoms with E-state index in [0.29, 0.717) is 0 Å². The van der Waals surface area contributed by atoms with Crippen LogP contribution in [0.4, 0.5) is 11.5 Å². The summed E-state index contributed by atoms with van der Waals surface area (Å²) < 4.78 is 5.36. The molecule has 3 heterocycles. The maximum absolute atomic E-state index is 5.36. The summed E-state index contributed by atoms with van der Waals surface area (Å²) in [4.78, 5) is 12.4. The van der Waals surface area contributed by atoms with Gasteiger partial charge in [-0.15, -0.1) is 11.3 Å². The average molecular weight is 304 g/mol. The number of anilines is 2. The average Bonchev–Trinajstić information content (AvgIpc) is 2.95. The third kappa shape index (κ3) is 3.33. The van der Waals surface area contributed by atoms with Crippen molar-refractivity contribution < 1.29 is 4.74 Å². The fourth-order valence-corrected chi connectivity index (χ4v) is 3.30. The quantitative estimate of drug-likeness (QED) is 0.941.